The molecule has 1 heterocycles. The second kappa shape index (κ2) is 6.63. The van der Waals surface area contributed by atoms with E-state index in [2.05, 4.69) is 5.32 Å². The second-order valence-electron chi connectivity index (χ2n) is 5.63. The van der Waals surface area contributed by atoms with Crippen molar-refractivity contribution in [3.05, 3.63) is 33.9 Å². The highest BCUT2D eigenvalue weighted by molar-refractivity contribution is 5.90. The monoisotopic (exact) mass is 347 g/mol. The molecule has 1 aromatic carbocycles. The van der Waals surface area contributed by atoms with Gasteiger partial charge in [-0.3, -0.25) is 10.1 Å². The number of alkyl halides is 3. The van der Waals surface area contributed by atoms with Gasteiger partial charge in [-0.05, 0) is 24.5 Å². The average Bonchev–Trinajstić information content (AvgIpc) is 2.87. The molecule has 24 heavy (non-hydrogen) atoms. The predicted octanol–water partition coefficient (Wildman–Crippen LogP) is 2.85. The molecule has 1 aromatic rings. The molecule has 132 valence electrons. The molecule has 1 fully saturated rings. The fraction of sp³-hybridized carbons (Fsp3) is 0.500. The number of nitrogens with zero attached hydrogens (tertiary/aromatic N) is 2. The number of aliphatic hydroxyl groups excluding tert-OH is 1. The molecule has 2 rings (SSSR count). The number of benzene rings is 1. The lowest BCUT2D eigenvalue weighted by Gasteiger charge is -2.25. The SMILES string of the molecule is C[C@H]1CCN(C(=O)Nc2ccc([N+](=O)[O-])c(C(F)(F)F)c2)[C@@H]1CO. The first-order valence-corrected chi connectivity index (χ1v) is 7.19. The molecule has 0 aromatic heterocycles. The van der Waals surface area contributed by atoms with Crippen molar-refractivity contribution in [2.75, 3.05) is 18.5 Å². The van der Waals surface area contributed by atoms with Gasteiger partial charge in [-0.25, -0.2) is 4.79 Å². The number of hydrogen-bond acceptors (Lipinski definition) is 4. The third kappa shape index (κ3) is 3.58. The van der Waals surface area contributed by atoms with Crippen LogP contribution in [0.1, 0.15) is 18.9 Å². The number of carbonyl (C=O) groups excluding carboxylic acids is 1. The molecular weight excluding hydrogens is 331 g/mol. The first-order chi connectivity index (χ1) is 11.1. The molecule has 1 aliphatic rings. The van der Waals surface area contributed by atoms with E-state index in [0.29, 0.717) is 25.1 Å². The zero-order chi connectivity index (χ0) is 18.1. The summed E-state index contributed by atoms with van der Waals surface area (Å²) in [5, 5.41) is 22.3. The summed E-state index contributed by atoms with van der Waals surface area (Å²) in [6, 6.07) is 1.21. The number of amides is 2. The summed E-state index contributed by atoms with van der Waals surface area (Å²) in [5.41, 5.74) is -2.71. The number of halogens is 3. The molecule has 0 radical (unpaired) electrons. The van der Waals surface area contributed by atoms with E-state index in [0.717, 1.165) is 6.07 Å². The van der Waals surface area contributed by atoms with Gasteiger partial charge in [0.1, 0.15) is 5.56 Å². The van der Waals surface area contributed by atoms with Gasteiger partial charge in [-0.15, -0.1) is 0 Å². The van der Waals surface area contributed by atoms with Crippen molar-refractivity contribution in [1.29, 1.82) is 0 Å². The Bertz CT molecular complexity index is 651. The smallest absolute Gasteiger partial charge is 0.394 e. The molecule has 1 saturated heterocycles. The Balaban J connectivity index is 2.24. The number of anilines is 1. The van der Waals surface area contributed by atoms with Crippen LogP contribution < -0.4 is 5.32 Å². The normalized spacial score (nSPS) is 21.0. The number of likely N-dealkylation sites (tertiary alicyclic amines) is 1. The van der Waals surface area contributed by atoms with Gasteiger partial charge in [0, 0.05) is 18.3 Å². The Morgan fingerprint density at radius 2 is 2.17 bits per heavy atom. The molecule has 0 aliphatic carbocycles. The minimum Gasteiger partial charge on any atom is -0.394 e. The van der Waals surface area contributed by atoms with Crippen LogP contribution in [-0.2, 0) is 6.18 Å². The highest BCUT2D eigenvalue weighted by Gasteiger charge is 2.39. The van der Waals surface area contributed by atoms with Gasteiger partial charge in [-0.1, -0.05) is 6.92 Å². The standard InChI is InChI=1S/C14H16F3N3O4/c1-8-4-5-19(12(8)7-21)13(22)18-9-2-3-11(20(23)24)10(6-9)14(15,16)17/h2-3,6,8,12,21H,4-5,7H2,1H3,(H,18,22)/t8-,12+/m0/s1. The number of urea groups is 1. The van der Waals surface area contributed by atoms with E-state index in [1.165, 1.54) is 4.90 Å². The van der Waals surface area contributed by atoms with Crippen molar-refractivity contribution < 1.29 is 28.0 Å². The van der Waals surface area contributed by atoms with Gasteiger partial charge >= 0.3 is 12.2 Å². The van der Waals surface area contributed by atoms with Gasteiger partial charge in [0.15, 0.2) is 0 Å². The number of hydrogen-bond donors (Lipinski definition) is 2. The fourth-order valence-corrected chi connectivity index (χ4v) is 2.73. The van der Waals surface area contributed by atoms with E-state index in [9.17, 15) is 33.2 Å². The van der Waals surface area contributed by atoms with Crippen LogP contribution >= 0.6 is 0 Å². The molecule has 0 bridgehead atoms. The maximum absolute atomic E-state index is 12.9. The lowest BCUT2D eigenvalue weighted by atomic mass is 10.0. The Kier molecular flexibility index (Phi) is 4.97. The number of carbonyl (C=O) groups is 1. The van der Waals surface area contributed by atoms with E-state index < -0.39 is 34.4 Å². The molecule has 0 spiro atoms. The van der Waals surface area contributed by atoms with E-state index in [4.69, 9.17) is 0 Å². The molecule has 2 atom stereocenters. The van der Waals surface area contributed by atoms with Crippen LogP contribution in [0, 0.1) is 16.0 Å². The molecule has 7 nitrogen and oxygen atoms in total. The highest BCUT2D eigenvalue weighted by atomic mass is 19.4. The maximum atomic E-state index is 12.9. The Morgan fingerprint density at radius 3 is 2.71 bits per heavy atom. The second-order valence-corrected chi connectivity index (χ2v) is 5.63. The van der Waals surface area contributed by atoms with Gasteiger partial charge < -0.3 is 15.3 Å². The van der Waals surface area contributed by atoms with Crippen molar-refractivity contribution in [2.24, 2.45) is 5.92 Å². The van der Waals surface area contributed by atoms with E-state index >= 15 is 0 Å². The number of rotatable bonds is 3. The minimum atomic E-state index is -4.92. The minimum absolute atomic E-state index is 0.0725. The third-order valence-corrected chi connectivity index (χ3v) is 4.08. The summed E-state index contributed by atoms with van der Waals surface area (Å²) in [4.78, 5) is 23.1. The van der Waals surface area contributed by atoms with Crippen LogP contribution in [0.3, 0.4) is 0 Å². The van der Waals surface area contributed by atoms with Crippen molar-refractivity contribution >= 4 is 17.4 Å². The largest absolute Gasteiger partial charge is 0.423 e. The van der Waals surface area contributed by atoms with Gasteiger partial charge in [0.2, 0.25) is 0 Å². The van der Waals surface area contributed by atoms with E-state index in [-0.39, 0.29) is 18.2 Å². The summed E-state index contributed by atoms with van der Waals surface area (Å²) in [5.74, 6) is 0.0725. The topological polar surface area (TPSA) is 95.7 Å². The van der Waals surface area contributed by atoms with Gasteiger partial charge in [-0.2, -0.15) is 13.2 Å². The zero-order valence-electron chi connectivity index (χ0n) is 12.7. The Morgan fingerprint density at radius 1 is 1.50 bits per heavy atom. The van der Waals surface area contributed by atoms with Crippen LogP contribution in [0.4, 0.5) is 29.3 Å². The summed E-state index contributed by atoms with van der Waals surface area (Å²) in [6.45, 7) is 1.99. The average molecular weight is 347 g/mol. The van der Waals surface area contributed by atoms with Crippen LogP contribution in [-0.4, -0.2) is 40.2 Å². The predicted molar refractivity (Wildman–Crippen MR) is 78.5 cm³/mol. The van der Waals surface area contributed by atoms with Crippen LogP contribution in [0.25, 0.3) is 0 Å². The van der Waals surface area contributed by atoms with E-state index in [1.54, 1.807) is 0 Å². The van der Waals surface area contributed by atoms with Crippen LogP contribution in [0.2, 0.25) is 0 Å². The summed E-state index contributed by atoms with van der Waals surface area (Å²) < 4.78 is 38.8. The highest BCUT2D eigenvalue weighted by Crippen LogP contribution is 2.37. The first-order valence-electron chi connectivity index (χ1n) is 7.19. The summed E-state index contributed by atoms with van der Waals surface area (Å²) in [7, 11) is 0. The molecule has 1 aliphatic heterocycles. The zero-order valence-corrected chi connectivity index (χ0v) is 12.7. The van der Waals surface area contributed by atoms with Crippen molar-refractivity contribution in [2.45, 2.75) is 25.6 Å². The molecular formula is C14H16F3N3O4. The lowest BCUT2D eigenvalue weighted by Crippen LogP contribution is -2.42. The summed E-state index contributed by atoms with van der Waals surface area (Å²) >= 11 is 0. The third-order valence-electron chi connectivity index (χ3n) is 4.08. The number of nitro groups is 1. The van der Waals surface area contributed by atoms with Crippen molar-refractivity contribution in [1.82, 2.24) is 4.90 Å². The van der Waals surface area contributed by atoms with Gasteiger partial charge in [0.25, 0.3) is 5.69 Å². The Hall–Kier alpha value is -2.36. The molecule has 0 unspecified atom stereocenters. The number of nitrogens with one attached hydrogen (secondary N) is 1. The van der Waals surface area contributed by atoms with Crippen molar-refractivity contribution in [3.63, 3.8) is 0 Å². The maximum Gasteiger partial charge on any atom is 0.423 e. The lowest BCUT2D eigenvalue weighted by molar-refractivity contribution is -0.388. The molecule has 0 saturated carbocycles. The first kappa shape index (κ1) is 18.0. The van der Waals surface area contributed by atoms with Crippen LogP contribution in [0.15, 0.2) is 18.2 Å². The summed E-state index contributed by atoms with van der Waals surface area (Å²) in [6.07, 6.45) is -4.24. The molecule has 2 amide bonds. The molecule has 2 N–H and O–H groups in total. The van der Waals surface area contributed by atoms with E-state index in [1.807, 2.05) is 6.92 Å². The van der Waals surface area contributed by atoms with Crippen molar-refractivity contribution in [3.8, 4) is 0 Å². The van der Waals surface area contributed by atoms with Crippen LogP contribution in [0.5, 0.6) is 0 Å². The number of aliphatic hydroxyl groups is 1. The fourth-order valence-electron chi connectivity index (χ4n) is 2.73. The number of nitro benzene ring substituents is 1. The quantitative estimate of drug-likeness (QED) is 0.649. The van der Waals surface area contributed by atoms with Gasteiger partial charge in [0.05, 0.1) is 17.6 Å². The molecule has 10 heteroatoms. The Labute approximate surface area is 135 Å².